The van der Waals surface area contributed by atoms with Crippen LogP contribution in [0, 0.1) is 17.2 Å². The number of nitrogens with one attached hydrogen (secondary N) is 1. The Morgan fingerprint density at radius 1 is 1.25 bits per heavy atom. The van der Waals surface area contributed by atoms with Crippen molar-refractivity contribution in [2.45, 2.75) is 39.0 Å². The molecular formula is C17H24N2O3S2. The quantitative estimate of drug-likeness (QED) is 0.795. The smallest absolute Gasteiger partial charge is 0.279 e. The van der Waals surface area contributed by atoms with Crippen molar-refractivity contribution in [3.05, 3.63) is 35.4 Å². The van der Waals surface area contributed by atoms with E-state index in [0.29, 0.717) is 16.9 Å². The molecule has 132 valence electrons. The fourth-order valence-corrected chi connectivity index (χ4v) is 4.48. The molecule has 0 aromatic heterocycles. The molecule has 0 saturated heterocycles. The van der Waals surface area contributed by atoms with Crippen LogP contribution in [0.4, 0.5) is 4.79 Å². The van der Waals surface area contributed by atoms with Crippen LogP contribution in [0.3, 0.4) is 0 Å². The van der Waals surface area contributed by atoms with E-state index in [2.05, 4.69) is 5.32 Å². The Balaban J connectivity index is 2.91. The van der Waals surface area contributed by atoms with Crippen molar-refractivity contribution in [2.75, 3.05) is 11.5 Å². The van der Waals surface area contributed by atoms with E-state index < -0.39 is 21.1 Å². The average molecular weight is 369 g/mol. The Kier molecular flexibility index (Phi) is 7.77. The van der Waals surface area contributed by atoms with Gasteiger partial charge in [-0.05, 0) is 36.3 Å². The van der Waals surface area contributed by atoms with Crippen LogP contribution in [0.5, 0.6) is 0 Å². The maximum absolute atomic E-state index is 12.7. The van der Waals surface area contributed by atoms with Gasteiger partial charge in [0.1, 0.15) is 0 Å². The van der Waals surface area contributed by atoms with Crippen molar-refractivity contribution >= 4 is 26.8 Å². The van der Waals surface area contributed by atoms with Gasteiger partial charge in [-0.2, -0.15) is 5.26 Å². The number of nitrogens with zero attached hydrogens (tertiary/aromatic N) is 1. The summed E-state index contributed by atoms with van der Waals surface area (Å²) in [4.78, 5) is 11.8. The zero-order valence-electron chi connectivity index (χ0n) is 14.4. The second-order valence-corrected chi connectivity index (χ2v) is 9.52. The summed E-state index contributed by atoms with van der Waals surface area (Å²) in [6.45, 7) is 7.29. The van der Waals surface area contributed by atoms with Gasteiger partial charge >= 0.3 is 0 Å². The number of thioether (sulfide) groups is 1. The molecule has 0 heterocycles. The Hall–Kier alpha value is -1.52. The average Bonchev–Trinajstić information content (AvgIpc) is 2.53. The molecule has 24 heavy (non-hydrogen) atoms. The minimum absolute atomic E-state index is 0.00865. The molecule has 0 spiro atoms. The molecule has 0 fully saturated rings. The summed E-state index contributed by atoms with van der Waals surface area (Å²) < 4.78 is 25.4. The van der Waals surface area contributed by atoms with E-state index in [4.69, 9.17) is 5.26 Å². The molecule has 0 bridgehead atoms. The fourth-order valence-electron chi connectivity index (χ4n) is 2.16. The van der Waals surface area contributed by atoms with Gasteiger partial charge in [0.25, 0.3) is 5.24 Å². The van der Waals surface area contributed by atoms with Crippen molar-refractivity contribution in [1.82, 2.24) is 5.32 Å². The number of nitriles is 1. The summed E-state index contributed by atoms with van der Waals surface area (Å²) in [6.07, 6.45) is 0. The topological polar surface area (TPSA) is 87.0 Å². The molecule has 1 rings (SSSR count). The van der Waals surface area contributed by atoms with Crippen LogP contribution in [-0.2, 0) is 9.84 Å². The molecule has 0 radical (unpaired) electrons. The van der Waals surface area contributed by atoms with Gasteiger partial charge in [-0.3, -0.25) is 4.79 Å². The Bertz CT molecular complexity index is 692. The summed E-state index contributed by atoms with van der Waals surface area (Å²) >= 11 is 1.14. The first-order chi connectivity index (χ1) is 11.2. The molecule has 1 aromatic carbocycles. The Morgan fingerprint density at radius 2 is 1.83 bits per heavy atom. The Labute approximate surface area is 148 Å². The second-order valence-electron chi connectivity index (χ2n) is 5.92. The van der Waals surface area contributed by atoms with Gasteiger partial charge in [-0.25, -0.2) is 8.42 Å². The van der Waals surface area contributed by atoms with Crippen molar-refractivity contribution in [2.24, 2.45) is 5.92 Å². The molecule has 1 aromatic rings. The molecule has 1 N–H and O–H groups in total. The maximum Gasteiger partial charge on any atom is 0.279 e. The minimum Gasteiger partial charge on any atom is -0.343 e. The lowest BCUT2D eigenvalue weighted by molar-refractivity contribution is 0.255. The van der Waals surface area contributed by atoms with Crippen LogP contribution >= 0.6 is 11.8 Å². The zero-order valence-corrected chi connectivity index (χ0v) is 16.1. The number of sulfone groups is 1. The third kappa shape index (κ3) is 5.84. The third-order valence-corrected chi connectivity index (χ3v) is 6.69. The van der Waals surface area contributed by atoms with Crippen LogP contribution in [0.25, 0.3) is 0 Å². The van der Waals surface area contributed by atoms with Gasteiger partial charge < -0.3 is 5.32 Å². The van der Waals surface area contributed by atoms with Crippen LogP contribution in [-0.4, -0.2) is 31.2 Å². The lowest BCUT2D eigenvalue weighted by Gasteiger charge is -2.24. The van der Waals surface area contributed by atoms with Gasteiger partial charge in [-0.15, -0.1) is 0 Å². The van der Waals surface area contributed by atoms with Crippen molar-refractivity contribution in [3.8, 4) is 6.07 Å². The molecule has 2 atom stereocenters. The van der Waals surface area contributed by atoms with Gasteiger partial charge in [0.2, 0.25) is 0 Å². The molecule has 5 nitrogen and oxygen atoms in total. The largest absolute Gasteiger partial charge is 0.343 e. The van der Waals surface area contributed by atoms with Crippen molar-refractivity contribution in [3.63, 3.8) is 0 Å². The number of amides is 1. The first kappa shape index (κ1) is 20.5. The molecule has 7 heteroatoms. The number of benzene rings is 1. The number of carbonyl (C=O) groups is 1. The normalized spacial score (nSPS) is 14.0. The van der Waals surface area contributed by atoms with Gasteiger partial charge in [0.05, 0.1) is 22.6 Å². The van der Waals surface area contributed by atoms with Crippen LogP contribution in [0.1, 0.15) is 44.1 Å². The molecule has 0 saturated carbocycles. The molecule has 1 amide bonds. The number of carbonyl (C=O) groups excluding carboxylic acids is 1. The highest BCUT2D eigenvalue weighted by atomic mass is 32.2. The van der Waals surface area contributed by atoms with Crippen molar-refractivity contribution in [1.29, 1.82) is 5.26 Å². The minimum atomic E-state index is -3.44. The fraction of sp³-hybridized carbons (Fsp3) is 0.529. The van der Waals surface area contributed by atoms with Gasteiger partial charge in [0.15, 0.2) is 9.84 Å². The standard InChI is InChI=1S/C17H24N2O3S2/c1-5-23-17(20)19-16(12(2)3)11-24(21,22)13(4)15-8-6-14(10-18)7-9-15/h6-9,12-13,16H,5,11H2,1-4H3,(H,19,20)/t13?,16-/m1/s1. The van der Waals surface area contributed by atoms with Gasteiger partial charge in [0, 0.05) is 6.04 Å². The third-order valence-electron chi connectivity index (χ3n) is 3.84. The predicted molar refractivity (Wildman–Crippen MR) is 98.6 cm³/mol. The highest BCUT2D eigenvalue weighted by molar-refractivity contribution is 8.13. The maximum atomic E-state index is 12.7. The second kappa shape index (κ2) is 9.09. The first-order valence-corrected chi connectivity index (χ1v) is 10.6. The number of hydrogen-bond acceptors (Lipinski definition) is 5. The van der Waals surface area contributed by atoms with Crippen LogP contribution in [0.2, 0.25) is 0 Å². The van der Waals surface area contributed by atoms with E-state index in [1.807, 2.05) is 26.8 Å². The van der Waals surface area contributed by atoms with E-state index in [-0.39, 0.29) is 16.9 Å². The molecule has 1 unspecified atom stereocenters. The highest BCUT2D eigenvalue weighted by Gasteiger charge is 2.29. The SMILES string of the molecule is CCSC(=O)N[C@H](CS(=O)(=O)C(C)c1ccc(C#N)cc1)C(C)C. The lowest BCUT2D eigenvalue weighted by Crippen LogP contribution is -2.42. The van der Waals surface area contributed by atoms with E-state index in [9.17, 15) is 13.2 Å². The molecule has 0 aliphatic heterocycles. The lowest BCUT2D eigenvalue weighted by atomic mass is 10.1. The predicted octanol–water partition coefficient (Wildman–Crippen LogP) is 3.52. The summed E-state index contributed by atoms with van der Waals surface area (Å²) in [6, 6.07) is 8.14. The molecular weight excluding hydrogens is 344 g/mol. The van der Waals surface area contributed by atoms with E-state index in [1.54, 1.807) is 31.2 Å². The van der Waals surface area contributed by atoms with Crippen LogP contribution < -0.4 is 5.32 Å². The summed E-state index contributed by atoms with van der Waals surface area (Å²) in [5, 5.41) is 10.7. The summed E-state index contributed by atoms with van der Waals surface area (Å²) in [5.74, 6) is 0.543. The van der Waals surface area contributed by atoms with Crippen LogP contribution in [0.15, 0.2) is 24.3 Å². The van der Waals surface area contributed by atoms with Crippen molar-refractivity contribution < 1.29 is 13.2 Å². The molecule has 0 aliphatic carbocycles. The summed E-state index contributed by atoms with van der Waals surface area (Å²) in [5.41, 5.74) is 1.14. The zero-order chi connectivity index (χ0) is 18.3. The summed E-state index contributed by atoms with van der Waals surface area (Å²) in [7, 11) is -3.44. The van der Waals surface area contributed by atoms with Gasteiger partial charge in [-0.1, -0.05) is 44.7 Å². The monoisotopic (exact) mass is 368 g/mol. The van der Waals surface area contributed by atoms with E-state index in [0.717, 1.165) is 11.8 Å². The number of hydrogen-bond donors (Lipinski definition) is 1. The first-order valence-electron chi connectivity index (χ1n) is 7.86. The van der Waals surface area contributed by atoms with E-state index >= 15 is 0 Å². The van der Waals surface area contributed by atoms with E-state index in [1.165, 1.54) is 0 Å². The number of rotatable bonds is 7. The molecule has 0 aliphatic rings. The highest BCUT2D eigenvalue weighted by Crippen LogP contribution is 2.24. The Morgan fingerprint density at radius 3 is 2.29 bits per heavy atom.